The van der Waals surface area contributed by atoms with Crippen molar-refractivity contribution < 1.29 is 19.3 Å². The number of halogens is 1. The molecule has 0 radical (unpaired) electrons. The third kappa shape index (κ3) is 3.37. The van der Waals surface area contributed by atoms with Crippen molar-refractivity contribution in [1.29, 1.82) is 0 Å². The highest BCUT2D eigenvalue weighted by Crippen LogP contribution is 2.40. The summed E-state index contributed by atoms with van der Waals surface area (Å²) in [6.45, 7) is 1.91. The van der Waals surface area contributed by atoms with E-state index >= 15 is 0 Å². The van der Waals surface area contributed by atoms with Crippen molar-refractivity contribution in [2.24, 2.45) is 0 Å². The van der Waals surface area contributed by atoms with Crippen molar-refractivity contribution in [1.82, 2.24) is 0 Å². The fourth-order valence-electron chi connectivity index (χ4n) is 1.72. The zero-order valence-electron chi connectivity index (χ0n) is 11.1. The third-order valence-electron chi connectivity index (χ3n) is 2.83. The van der Waals surface area contributed by atoms with Crippen LogP contribution in [0.5, 0.6) is 11.5 Å². The average molecular weight is 319 g/mol. The monoisotopic (exact) mass is 318 g/mol. The van der Waals surface area contributed by atoms with Gasteiger partial charge in [-0.2, -0.15) is 0 Å². The zero-order valence-corrected chi connectivity index (χ0v) is 12.7. The highest BCUT2D eigenvalue weighted by molar-refractivity contribution is 9.10. The summed E-state index contributed by atoms with van der Waals surface area (Å²) in [4.78, 5) is 0. The summed E-state index contributed by atoms with van der Waals surface area (Å²) in [5.74, 6) is 1.26. The minimum absolute atomic E-state index is 0.0226. The molecule has 0 spiro atoms. The molecule has 1 aromatic rings. The Kier molecular flexibility index (Phi) is 5.91. The number of hydrogen-bond acceptors (Lipinski definition) is 4. The van der Waals surface area contributed by atoms with Gasteiger partial charge in [0.25, 0.3) is 0 Å². The molecule has 0 aliphatic rings. The van der Waals surface area contributed by atoms with Crippen LogP contribution in [0, 0.1) is 0 Å². The average Bonchev–Trinajstić information content (AvgIpc) is 2.37. The van der Waals surface area contributed by atoms with Gasteiger partial charge in [-0.1, -0.05) is 0 Å². The lowest BCUT2D eigenvalue weighted by atomic mass is 10.0. The van der Waals surface area contributed by atoms with Crippen LogP contribution in [0.25, 0.3) is 0 Å². The molecule has 1 rings (SSSR count). The zero-order chi connectivity index (χ0) is 13.7. The first kappa shape index (κ1) is 15.3. The van der Waals surface area contributed by atoms with E-state index < -0.39 is 6.10 Å². The Bertz CT molecular complexity index is 395. The molecule has 2 unspecified atom stereocenters. The summed E-state index contributed by atoms with van der Waals surface area (Å²) < 4.78 is 16.4. The number of hydrogen-bond donors (Lipinski definition) is 1. The Morgan fingerprint density at radius 2 is 1.89 bits per heavy atom. The SMILES string of the molecule is COc1ccc(C(O)CC(C)OC)c(OC)c1Br. The molecule has 0 heterocycles. The molecule has 0 bridgehead atoms. The van der Waals surface area contributed by atoms with Crippen molar-refractivity contribution in [3.05, 3.63) is 22.2 Å². The van der Waals surface area contributed by atoms with Crippen LogP contribution in [0.3, 0.4) is 0 Å². The molecule has 0 fully saturated rings. The van der Waals surface area contributed by atoms with Crippen LogP contribution >= 0.6 is 15.9 Å². The van der Waals surface area contributed by atoms with Crippen LogP contribution in [0.1, 0.15) is 25.0 Å². The Balaban J connectivity index is 3.05. The maximum Gasteiger partial charge on any atom is 0.142 e. The van der Waals surface area contributed by atoms with E-state index in [1.807, 2.05) is 6.92 Å². The molecule has 0 saturated heterocycles. The van der Waals surface area contributed by atoms with Crippen molar-refractivity contribution in [3.8, 4) is 11.5 Å². The van der Waals surface area contributed by atoms with Crippen molar-refractivity contribution in [3.63, 3.8) is 0 Å². The number of aliphatic hydroxyl groups is 1. The molecule has 5 heteroatoms. The molecule has 0 aromatic heterocycles. The smallest absolute Gasteiger partial charge is 0.142 e. The summed E-state index contributed by atoms with van der Waals surface area (Å²) in [5, 5.41) is 10.2. The number of methoxy groups -OCH3 is 3. The Hall–Kier alpha value is -0.780. The number of ether oxygens (including phenoxy) is 3. The maximum atomic E-state index is 10.2. The molecule has 1 aromatic carbocycles. The molecule has 2 atom stereocenters. The lowest BCUT2D eigenvalue weighted by molar-refractivity contribution is 0.0549. The van der Waals surface area contributed by atoms with E-state index in [9.17, 15) is 5.11 Å². The van der Waals surface area contributed by atoms with Gasteiger partial charge in [-0.05, 0) is 35.0 Å². The predicted molar refractivity (Wildman–Crippen MR) is 73.3 cm³/mol. The van der Waals surface area contributed by atoms with Gasteiger partial charge in [0.2, 0.25) is 0 Å². The van der Waals surface area contributed by atoms with Crippen LogP contribution in [0.4, 0.5) is 0 Å². The van der Waals surface area contributed by atoms with Crippen molar-refractivity contribution in [2.45, 2.75) is 25.6 Å². The predicted octanol–water partition coefficient (Wildman–Crippen LogP) is 2.92. The second-order valence-corrected chi connectivity index (χ2v) is 4.80. The highest BCUT2D eigenvalue weighted by Gasteiger charge is 2.20. The van der Waals surface area contributed by atoms with E-state index in [1.54, 1.807) is 33.5 Å². The molecule has 0 amide bonds. The van der Waals surface area contributed by atoms with E-state index in [0.29, 0.717) is 28.0 Å². The van der Waals surface area contributed by atoms with Gasteiger partial charge in [0.15, 0.2) is 0 Å². The van der Waals surface area contributed by atoms with Crippen LogP contribution < -0.4 is 9.47 Å². The summed E-state index contributed by atoms with van der Waals surface area (Å²) in [6.07, 6.45) is -0.159. The summed E-state index contributed by atoms with van der Waals surface area (Å²) in [7, 11) is 4.77. The third-order valence-corrected chi connectivity index (χ3v) is 3.58. The molecule has 0 aliphatic heterocycles. The van der Waals surface area contributed by atoms with Crippen molar-refractivity contribution >= 4 is 15.9 Å². The van der Waals surface area contributed by atoms with E-state index in [2.05, 4.69) is 15.9 Å². The molecule has 4 nitrogen and oxygen atoms in total. The van der Waals surface area contributed by atoms with Gasteiger partial charge in [-0.15, -0.1) is 0 Å². The summed E-state index contributed by atoms with van der Waals surface area (Å²) in [6, 6.07) is 3.60. The summed E-state index contributed by atoms with van der Waals surface area (Å²) in [5.41, 5.74) is 0.717. The normalized spacial score (nSPS) is 14.1. The molecule has 0 aliphatic carbocycles. The highest BCUT2D eigenvalue weighted by atomic mass is 79.9. The van der Waals surface area contributed by atoms with Gasteiger partial charge in [0.05, 0.1) is 26.4 Å². The van der Waals surface area contributed by atoms with Crippen LogP contribution in [0.15, 0.2) is 16.6 Å². The molecular weight excluding hydrogens is 300 g/mol. The fraction of sp³-hybridized carbons (Fsp3) is 0.538. The first-order valence-electron chi connectivity index (χ1n) is 5.66. The topological polar surface area (TPSA) is 47.9 Å². The van der Waals surface area contributed by atoms with E-state index in [-0.39, 0.29) is 6.10 Å². The first-order chi connectivity index (χ1) is 8.54. The molecule has 102 valence electrons. The lowest BCUT2D eigenvalue weighted by Gasteiger charge is -2.19. The van der Waals surface area contributed by atoms with E-state index in [0.717, 1.165) is 0 Å². The quantitative estimate of drug-likeness (QED) is 0.876. The van der Waals surface area contributed by atoms with Gasteiger partial charge in [0.1, 0.15) is 16.0 Å². The largest absolute Gasteiger partial charge is 0.495 e. The summed E-state index contributed by atoms with van der Waals surface area (Å²) >= 11 is 3.41. The van der Waals surface area contributed by atoms with Crippen LogP contribution in [-0.4, -0.2) is 32.5 Å². The molecule has 0 saturated carbocycles. The first-order valence-corrected chi connectivity index (χ1v) is 6.45. The van der Waals surface area contributed by atoms with E-state index in [4.69, 9.17) is 14.2 Å². The van der Waals surface area contributed by atoms with Gasteiger partial charge in [0, 0.05) is 19.1 Å². The van der Waals surface area contributed by atoms with Gasteiger partial charge >= 0.3 is 0 Å². The minimum atomic E-state index is -0.642. The standard InChI is InChI=1S/C13H19BrO4/c1-8(16-2)7-10(15)9-5-6-11(17-3)12(14)13(9)18-4/h5-6,8,10,15H,7H2,1-4H3. The Morgan fingerprint density at radius 3 is 2.39 bits per heavy atom. The molecule has 18 heavy (non-hydrogen) atoms. The molecule has 1 N–H and O–H groups in total. The second-order valence-electron chi connectivity index (χ2n) is 4.00. The van der Waals surface area contributed by atoms with Crippen LogP contribution in [-0.2, 0) is 4.74 Å². The second kappa shape index (κ2) is 6.97. The van der Waals surface area contributed by atoms with Crippen molar-refractivity contribution in [2.75, 3.05) is 21.3 Å². The van der Waals surface area contributed by atoms with Gasteiger partial charge in [-0.25, -0.2) is 0 Å². The van der Waals surface area contributed by atoms with E-state index in [1.165, 1.54) is 0 Å². The maximum absolute atomic E-state index is 10.2. The van der Waals surface area contributed by atoms with Crippen LogP contribution in [0.2, 0.25) is 0 Å². The number of benzene rings is 1. The number of aliphatic hydroxyl groups excluding tert-OH is 1. The number of rotatable bonds is 6. The minimum Gasteiger partial charge on any atom is -0.495 e. The lowest BCUT2D eigenvalue weighted by Crippen LogP contribution is -2.12. The van der Waals surface area contributed by atoms with Gasteiger partial charge < -0.3 is 19.3 Å². The fourth-order valence-corrected chi connectivity index (χ4v) is 2.40. The Labute approximate surface area is 116 Å². The van der Waals surface area contributed by atoms with Gasteiger partial charge in [-0.3, -0.25) is 0 Å². The molecular formula is C13H19BrO4. The Morgan fingerprint density at radius 1 is 1.22 bits per heavy atom.